The molecule has 1 aliphatic rings. The summed E-state index contributed by atoms with van der Waals surface area (Å²) in [5, 5.41) is 10.7. The van der Waals surface area contributed by atoms with Gasteiger partial charge in [0.1, 0.15) is 11.2 Å². The van der Waals surface area contributed by atoms with Crippen LogP contribution in [0.25, 0.3) is 5.65 Å². The third-order valence-electron chi connectivity index (χ3n) is 4.66. The number of aliphatic hydroxyl groups is 1. The number of amides is 1. The molecule has 1 saturated heterocycles. The number of likely N-dealkylation sites (tertiary alicyclic amines) is 1. The topological polar surface area (TPSA) is 78.2 Å². The third-order valence-corrected chi connectivity index (χ3v) is 4.66. The molecule has 0 radical (unpaired) electrons. The van der Waals surface area contributed by atoms with Crippen molar-refractivity contribution in [2.75, 3.05) is 33.7 Å². The number of hydrogen-bond donors (Lipinski definition) is 1. The number of rotatable bonds is 3. The average molecular weight is 344 g/mol. The minimum absolute atomic E-state index is 0.0711. The van der Waals surface area contributed by atoms with Gasteiger partial charge >= 0.3 is 0 Å². The molecule has 25 heavy (non-hydrogen) atoms. The molecule has 134 valence electrons. The van der Waals surface area contributed by atoms with Gasteiger partial charge in [-0.3, -0.25) is 14.0 Å². The Hall–Kier alpha value is -2.25. The Balaban J connectivity index is 1.82. The van der Waals surface area contributed by atoms with Gasteiger partial charge in [-0.15, -0.1) is 0 Å². The second-order valence-corrected chi connectivity index (χ2v) is 7.01. The smallest absolute Gasteiger partial charge is 0.270 e. The average Bonchev–Trinajstić information content (AvgIpc) is 2.76. The Labute approximate surface area is 146 Å². The second-order valence-electron chi connectivity index (χ2n) is 7.01. The normalized spacial score (nSPS) is 21.5. The maximum absolute atomic E-state index is 12.8. The van der Waals surface area contributed by atoms with E-state index >= 15 is 0 Å². The van der Waals surface area contributed by atoms with Crippen LogP contribution in [0.5, 0.6) is 0 Å². The summed E-state index contributed by atoms with van der Waals surface area (Å²) in [7, 11) is 3.85. The van der Waals surface area contributed by atoms with Gasteiger partial charge in [0.2, 0.25) is 0 Å². The van der Waals surface area contributed by atoms with Crippen molar-refractivity contribution < 1.29 is 9.90 Å². The highest BCUT2D eigenvalue weighted by molar-refractivity contribution is 5.93. The standard InChI is InChI=1S/C18H24N4O3/c1-20(2)13-18(25)7-5-9-21(11-8-18)16(23)14-12-19-15-6-3-4-10-22(15)17(14)24/h3-4,6,10,12,25H,5,7-9,11,13H2,1-2H3/t18-/m0/s1. The first-order valence-corrected chi connectivity index (χ1v) is 8.52. The van der Waals surface area contributed by atoms with Crippen molar-refractivity contribution in [3.8, 4) is 0 Å². The van der Waals surface area contributed by atoms with Crippen LogP contribution in [0.15, 0.2) is 35.4 Å². The van der Waals surface area contributed by atoms with Gasteiger partial charge in [-0.2, -0.15) is 0 Å². The van der Waals surface area contributed by atoms with Crippen LogP contribution in [0.2, 0.25) is 0 Å². The number of likely N-dealkylation sites (N-methyl/N-ethyl adjacent to an activating group) is 1. The molecule has 0 aromatic carbocycles. The molecular weight excluding hydrogens is 320 g/mol. The van der Waals surface area contributed by atoms with Gasteiger partial charge in [-0.1, -0.05) is 6.07 Å². The van der Waals surface area contributed by atoms with Crippen LogP contribution in [-0.4, -0.2) is 69.5 Å². The number of hydrogen-bond acceptors (Lipinski definition) is 5. The van der Waals surface area contributed by atoms with Crippen LogP contribution < -0.4 is 5.56 Å². The van der Waals surface area contributed by atoms with Gasteiger partial charge in [0.25, 0.3) is 11.5 Å². The molecular formula is C18H24N4O3. The molecule has 2 aromatic heterocycles. The lowest BCUT2D eigenvalue weighted by atomic mass is 9.94. The van der Waals surface area contributed by atoms with Crippen molar-refractivity contribution in [3.63, 3.8) is 0 Å². The van der Waals surface area contributed by atoms with Crippen molar-refractivity contribution in [3.05, 3.63) is 46.5 Å². The van der Waals surface area contributed by atoms with Crippen LogP contribution in [0, 0.1) is 0 Å². The van der Waals surface area contributed by atoms with Crippen LogP contribution in [-0.2, 0) is 0 Å². The Bertz CT molecular complexity index is 832. The summed E-state index contributed by atoms with van der Waals surface area (Å²) in [5.74, 6) is -0.315. The van der Waals surface area contributed by atoms with Gasteiger partial charge < -0.3 is 14.9 Å². The first-order valence-electron chi connectivity index (χ1n) is 8.52. The largest absolute Gasteiger partial charge is 0.388 e. The molecule has 0 aliphatic carbocycles. The van der Waals surface area contributed by atoms with Gasteiger partial charge in [-0.05, 0) is 45.5 Å². The highest BCUT2D eigenvalue weighted by Crippen LogP contribution is 2.23. The predicted molar refractivity (Wildman–Crippen MR) is 94.7 cm³/mol. The number of nitrogens with zero attached hydrogens (tertiary/aromatic N) is 4. The fraction of sp³-hybridized carbons (Fsp3) is 0.500. The van der Waals surface area contributed by atoms with E-state index in [1.54, 1.807) is 29.3 Å². The maximum atomic E-state index is 12.8. The summed E-state index contributed by atoms with van der Waals surface area (Å²) >= 11 is 0. The van der Waals surface area contributed by atoms with E-state index in [1.807, 2.05) is 19.0 Å². The summed E-state index contributed by atoms with van der Waals surface area (Å²) in [4.78, 5) is 33.2. The fourth-order valence-corrected chi connectivity index (χ4v) is 3.47. The zero-order chi connectivity index (χ0) is 18.0. The van der Waals surface area contributed by atoms with E-state index in [0.717, 1.165) is 0 Å². The summed E-state index contributed by atoms with van der Waals surface area (Å²) in [5.41, 5.74) is -0.569. The monoisotopic (exact) mass is 344 g/mol. The molecule has 1 atom stereocenters. The molecule has 1 N–H and O–H groups in total. The van der Waals surface area contributed by atoms with Crippen LogP contribution in [0.3, 0.4) is 0 Å². The number of pyridine rings is 1. The third kappa shape index (κ3) is 3.72. The Kier molecular flexibility index (Phi) is 4.87. The zero-order valence-corrected chi connectivity index (χ0v) is 14.7. The molecule has 7 heteroatoms. The first kappa shape index (κ1) is 17.6. The highest BCUT2D eigenvalue weighted by Gasteiger charge is 2.32. The molecule has 3 rings (SSSR count). The van der Waals surface area contributed by atoms with E-state index in [4.69, 9.17) is 0 Å². The van der Waals surface area contributed by atoms with Crippen molar-refractivity contribution in [1.82, 2.24) is 19.2 Å². The molecule has 1 fully saturated rings. The SMILES string of the molecule is CN(C)C[C@]1(O)CCCN(C(=O)c2cnc3ccccn3c2=O)CC1. The lowest BCUT2D eigenvalue weighted by Crippen LogP contribution is -2.42. The fourth-order valence-electron chi connectivity index (χ4n) is 3.47. The predicted octanol–water partition coefficient (Wildman–Crippen LogP) is 0.613. The Morgan fingerprint density at radius 3 is 2.88 bits per heavy atom. The molecule has 0 saturated carbocycles. The van der Waals surface area contributed by atoms with E-state index in [1.165, 1.54) is 10.6 Å². The van der Waals surface area contributed by atoms with Gasteiger partial charge in [0.05, 0.1) is 5.60 Å². The van der Waals surface area contributed by atoms with E-state index in [2.05, 4.69) is 4.98 Å². The minimum Gasteiger partial charge on any atom is -0.388 e. The van der Waals surface area contributed by atoms with Crippen molar-refractivity contribution in [2.24, 2.45) is 0 Å². The van der Waals surface area contributed by atoms with E-state index in [9.17, 15) is 14.7 Å². The van der Waals surface area contributed by atoms with E-state index < -0.39 is 5.60 Å². The maximum Gasteiger partial charge on any atom is 0.270 e. The van der Waals surface area contributed by atoms with Crippen LogP contribution in [0.1, 0.15) is 29.6 Å². The molecule has 1 amide bonds. The molecule has 1 aliphatic heterocycles. The highest BCUT2D eigenvalue weighted by atomic mass is 16.3. The van der Waals surface area contributed by atoms with Gasteiger partial charge in [0, 0.05) is 32.0 Å². The molecule has 0 spiro atoms. The van der Waals surface area contributed by atoms with Gasteiger partial charge in [0.15, 0.2) is 0 Å². The molecule has 0 unspecified atom stereocenters. The number of fused-ring (bicyclic) bond motifs is 1. The number of carbonyl (C=O) groups excluding carboxylic acids is 1. The Morgan fingerprint density at radius 1 is 1.32 bits per heavy atom. The van der Waals surface area contributed by atoms with Crippen LogP contribution in [0.4, 0.5) is 0 Å². The van der Waals surface area contributed by atoms with E-state index in [-0.39, 0.29) is 17.0 Å². The molecule has 0 bridgehead atoms. The molecule has 7 nitrogen and oxygen atoms in total. The van der Waals surface area contributed by atoms with Crippen molar-refractivity contribution >= 4 is 11.6 Å². The number of carbonyl (C=O) groups is 1. The molecule has 2 aromatic rings. The second kappa shape index (κ2) is 6.93. The summed E-state index contributed by atoms with van der Waals surface area (Å²) in [6.45, 7) is 1.53. The van der Waals surface area contributed by atoms with Crippen LogP contribution >= 0.6 is 0 Å². The Morgan fingerprint density at radius 2 is 2.12 bits per heavy atom. The first-order chi connectivity index (χ1) is 11.9. The van der Waals surface area contributed by atoms with Gasteiger partial charge in [-0.25, -0.2) is 4.98 Å². The lowest BCUT2D eigenvalue weighted by molar-refractivity contribution is 0.00304. The number of aromatic nitrogens is 2. The lowest BCUT2D eigenvalue weighted by Gasteiger charge is -2.29. The quantitative estimate of drug-likeness (QED) is 0.883. The summed E-state index contributed by atoms with van der Waals surface area (Å²) in [6, 6.07) is 5.25. The van der Waals surface area contributed by atoms with Crippen molar-refractivity contribution in [2.45, 2.75) is 24.9 Å². The van der Waals surface area contributed by atoms with E-state index in [0.29, 0.717) is 44.5 Å². The zero-order valence-electron chi connectivity index (χ0n) is 14.7. The minimum atomic E-state index is -0.796. The summed E-state index contributed by atoms with van der Waals surface area (Å²) < 4.78 is 1.38. The van der Waals surface area contributed by atoms with Crippen molar-refractivity contribution in [1.29, 1.82) is 0 Å². The molecule has 3 heterocycles. The summed E-state index contributed by atoms with van der Waals surface area (Å²) in [6.07, 6.45) is 4.82.